The van der Waals surface area contributed by atoms with Crippen LogP contribution in [0.1, 0.15) is 0 Å². The zero-order chi connectivity index (χ0) is 45.3. The molecule has 10 aromatic carbocycles. The van der Waals surface area contributed by atoms with Crippen LogP contribution < -0.4 is 20.7 Å². The van der Waals surface area contributed by atoms with E-state index in [1.807, 2.05) is 36.4 Å². The predicted octanol–water partition coefficient (Wildman–Crippen LogP) is 12.7. The molecule has 0 unspecified atom stereocenters. The minimum atomic E-state index is -2.81. The SMILES string of the molecule is c1ccc(-c2ccc3c(c2)c2ccccc2n3-c2ccc(-c3cccc([Si](c4ccccc4)(c4ccccc4)c4ccccc4)c3)cc2-c2nc(-c3ccccc3)nc(-c3ccccc3)n2)cc1. The Morgan fingerprint density at radius 1 is 0.265 bits per heavy atom. The van der Waals surface area contributed by atoms with Crippen molar-refractivity contribution in [2.45, 2.75) is 0 Å². The van der Waals surface area contributed by atoms with Crippen molar-refractivity contribution < 1.29 is 0 Å². The van der Waals surface area contributed by atoms with E-state index in [9.17, 15) is 0 Å². The molecule has 5 heteroatoms. The molecule has 68 heavy (non-hydrogen) atoms. The van der Waals surface area contributed by atoms with Crippen LogP contribution in [0.25, 0.3) is 83.9 Å². The van der Waals surface area contributed by atoms with E-state index in [0.29, 0.717) is 17.5 Å². The molecule has 4 nitrogen and oxygen atoms in total. The summed E-state index contributed by atoms with van der Waals surface area (Å²) in [6.45, 7) is 0. The number of rotatable bonds is 10. The highest BCUT2D eigenvalue weighted by atomic mass is 28.3. The summed E-state index contributed by atoms with van der Waals surface area (Å²) in [5.41, 5.74) is 10.5. The van der Waals surface area contributed by atoms with E-state index in [2.05, 4.69) is 235 Å². The van der Waals surface area contributed by atoms with Crippen molar-refractivity contribution in [2.24, 2.45) is 0 Å². The van der Waals surface area contributed by atoms with Crippen LogP contribution in [0.4, 0.5) is 0 Å². The van der Waals surface area contributed by atoms with Gasteiger partial charge in [0.1, 0.15) is 0 Å². The lowest BCUT2D eigenvalue weighted by atomic mass is 10.0. The Morgan fingerprint density at radius 2 is 0.676 bits per heavy atom. The predicted molar refractivity (Wildman–Crippen MR) is 285 cm³/mol. The van der Waals surface area contributed by atoms with E-state index < -0.39 is 8.07 Å². The molecule has 0 saturated heterocycles. The maximum absolute atomic E-state index is 5.37. The van der Waals surface area contributed by atoms with Crippen LogP contribution in [0.2, 0.25) is 0 Å². The molecule has 0 amide bonds. The van der Waals surface area contributed by atoms with E-state index in [-0.39, 0.29) is 0 Å². The Morgan fingerprint density at radius 3 is 1.25 bits per heavy atom. The van der Waals surface area contributed by atoms with Crippen LogP contribution >= 0.6 is 0 Å². The van der Waals surface area contributed by atoms with Crippen molar-refractivity contribution in [1.82, 2.24) is 19.5 Å². The van der Waals surface area contributed by atoms with E-state index >= 15 is 0 Å². The third kappa shape index (κ3) is 7.23. The fourth-order valence-corrected chi connectivity index (χ4v) is 14.9. The Balaban J connectivity index is 1.12. The summed E-state index contributed by atoms with van der Waals surface area (Å²) >= 11 is 0. The van der Waals surface area contributed by atoms with Gasteiger partial charge in [-0.25, -0.2) is 15.0 Å². The summed E-state index contributed by atoms with van der Waals surface area (Å²) in [7, 11) is -2.81. The molecule has 12 aromatic rings. The summed E-state index contributed by atoms with van der Waals surface area (Å²) in [5, 5.41) is 7.66. The quantitative estimate of drug-likeness (QED) is 0.102. The topological polar surface area (TPSA) is 43.6 Å². The van der Waals surface area contributed by atoms with Gasteiger partial charge in [-0.3, -0.25) is 0 Å². The molecule has 0 fully saturated rings. The Labute approximate surface area is 397 Å². The standard InChI is InChI=1S/C63H44N4Si/c1-7-22-45(23-8-1)49-38-40-59-56(43-49)55-36-19-20-37-58(55)67(59)60-41-39-50(44-57(60)63-65-61(46-24-9-2-10-25-46)64-62(66-63)47-26-11-3-12-27-47)48-28-21-35-54(42-48)68(51-29-13-4-14-30-51,52-31-15-5-16-32-52)53-33-17-6-18-34-53/h1-44H. The van der Waals surface area contributed by atoms with Gasteiger partial charge in [0.15, 0.2) is 25.5 Å². The van der Waals surface area contributed by atoms with Gasteiger partial charge in [-0.15, -0.1) is 0 Å². The maximum Gasteiger partial charge on any atom is 0.179 e. The third-order valence-corrected chi connectivity index (χ3v) is 18.0. The molecule has 0 saturated carbocycles. The van der Waals surface area contributed by atoms with Crippen LogP contribution in [0.5, 0.6) is 0 Å². The van der Waals surface area contributed by atoms with Gasteiger partial charge in [0.2, 0.25) is 0 Å². The molecule has 12 rings (SSSR count). The highest BCUT2D eigenvalue weighted by Gasteiger charge is 2.41. The largest absolute Gasteiger partial charge is 0.309 e. The molecule has 0 bridgehead atoms. The first-order valence-corrected chi connectivity index (χ1v) is 25.1. The summed E-state index contributed by atoms with van der Waals surface area (Å²) in [4.78, 5) is 15.8. The van der Waals surface area contributed by atoms with Gasteiger partial charge >= 0.3 is 0 Å². The van der Waals surface area contributed by atoms with Crippen LogP contribution in [-0.4, -0.2) is 27.6 Å². The normalized spacial score (nSPS) is 11.5. The molecule has 0 radical (unpaired) electrons. The molecule has 0 aliphatic heterocycles. The lowest BCUT2D eigenvalue weighted by Crippen LogP contribution is -2.74. The van der Waals surface area contributed by atoms with Crippen LogP contribution in [0, 0.1) is 0 Å². The smallest absolute Gasteiger partial charge is 0.179 e. The minimum Gasteiger partial charge on any atom is -0.309 e. The van der Waals surface area contributed by atoms with E-state index in [1.165, 1.54) is 42.6 Å². The minimum absolute atomic E-state index is 0.596. The van der Waals surface area contributed by atoms with Gasteiger partial charge in [-0.05, 0) is 73.3 Å². The van der Waals surface area contributed by atoms with Crippen molar-refractivity contribution in [2.75, 3.05) is 0 Å². The summed E-state index contributed by atoms with van der Waals surface area (Å²) in [6, 6.07) is 96.0. The molecule has 2 aromatic heterocycles. The first kappa shape index (κ1) is 40.7. The maximum atomic E-state index is 5.37. The van der Waals surface area contributed by atoms with Crippen molar-refractivity contribution in [3.8, 4) is 62.1 Å². The molecule has 0 atom stereocenters. The second kappa shape index (κ2) is 17.6. The average Bonchev–Trinajstić information content (AvgIpc) is 3.76. The Kier molecular flexibility index (Phi) is 10.5. The summed E-state index contributed by atoms with van der Waals surface area (Å²) < 4.78 is 2.39. The number of para-hydroxylation sites is 1. The number of nitrogens with zero attached hydrogens (tertiary/aromatic N) is 4. The monoisotopic (exact) mass is 884 g/mol. The highest BCUT2D eigenvalue weighted by molar-refractivity contribution is 7.19. The first-order chi connectivity index (χ1) is 33.7. The molecule has 0 spiro atoms. The fourth-order valence-electron chi connectivity index (χ4n) is 10.1. The van der Waals surface area contributed by atoms with Gasteiger partial charge in [-0.2, -0.15) is 0 Å². The van der Waals surface area contributed by atoms with E-state index in [1.54, 1.807) is 0 Å². The van der Waals surface area contributed by atoms with Gasteiger partial charge in [0, 0.05) is 27.5 Å². The average molecular weight is 885 g/mol. The van der Waals surface area contributed by atoms with Crippen LogP contribution in [-0.2, 0) is 0 Å². The molecule has 2 heterocycles. The lowest BCUT2D eigenvalue weighted by molar-refractivity contribution is 1.06. The van der Waals surface area contributed by atoms with E-state index in [0.717, 1.165) is 44.5 Å². The van der Waals surface area contributed by atoms with Crippen molar-refractivity contribution in [1.29, 1.82) is 0 Å². The second-order valence-electron chi connectivity index (χ2n) is 17.1. The summed E-state index contributed by atoms with van der Waals surface area (Å²) in [6.07, 6.45) is 0. The molecular formula is C63H44N4Si. The lowest BCUT2D eigenvalue weighted by Gasteiger charge is -2.34. The van der Waals surface area contributed by atoms with Gasteiger partial charge < -0.3 is 4.57 Å². The molecular weight excluding hydrogens is 841 g/mol. The number of aromatic nitrogens is 4. The van der Waals surface area contributed by atoms with Crippen LogP contribution in [0.15, 0.2) is 267 Å². The number of hydrogen-bond acceptors (Lipinski definition) is 3. The third-order valence-electron chi connectivity index (χ3n) is 13.2. The molecule has 320 valence electrons. The second-order valence-corrected chi connectivity index (χ2v) is 21.0. The number of hydrogen-bond donors (Lipinski definition) is 0. The zero-order valence-corrected chi connectivity index (χ0v) is 38.2. The van der Waals surface area contributed by atoms with Gasteiger partial charge in [0.25, 0.3) is 0 Å². The number of fused-ring (bicyclic) bond motifs is 3. The Hall–Kier alpha value is -8.77. The highest BCUT2D eigenvalue weighted by Crippen LogP contribution is 2.39. The van der Waals surface area contributed by atoms with Gasteiger partial charge in [-0.1, -0.05) is 237 Å². The van der Waals surface area contributed by atoms with Crippen molar-refractivity contribution in [3.05, 3.63) is 267 Å². The van der Waals surface area contributed by atoms with E-state index in [4.69, 9.17) is 15.0 Å². The fraction of sp³-hybridized carbons (Fsp3) is 0. The number of benzene rings is 10. The molecule has 0 N–H and O–H groups in total. The first-order valence-electron chi connectivity index (χ1n) is 23.1. The summed E-state index contributed by atoms with van der Waals surface area (Å²) in [5.74, 6) is 1.83. The van der Waals surface area contributed by atoms with Crippen LogP contribution in [0.3, 0.4) is 0 Å². The zero-order valence-electron chi connectivity index (χ0n) is 37.2. The van der Waals surface area contributed by atoms with Crippen molar-refractivity contribution >= 4 is 50.6 Å². The Bertz CT molecular complexity index is 3560. The van der Waals surface area contributed by atoms with Crippen molar-refractivity contribution in [3.63, 3.8) is 0 Å². The molecule has 0 aliphatic rings. The molecule has 0 aliphatic carbocycles. The van der Waals surface area contributed by atoms with Gasteiger partial charge in [0.05, 0.1) is 16.7 Å².